The first kappa shape index (κ1) is 14.2. The fraction of sp³-hybridized carbons (Fsp3) is 0.0667. The standard InChI is InChI=1S/C15H13N5OS/c21-15(18-9-12-3-1-2-6-17-12)20-13-10-22-14(19-13)11-4-7-16-8-5-11/h1-8,10H,9H2,(H2,18,20,21). The quantitative estimate of drug-likeness (QED) is 0.776. The Kier molecular flexibility index (Phi) is 4.35. The Morgan fingerprint density at radius 1 is 1.14 bits per heavy atom. The molecular formula is C15H13N5OS. The van der Waals surface area contributed by atoms with Crippen LogP contribution in [0, 0.1) is 0 Å². The minimum atomic E-state index is -0.308. The van der Waals surface area contributed by atoms with Gasteiger partial charge in [0.15, 0.2) is 0 Å². The molecule has 3 rings (SSSR count). The normalized spacial score (nSPS) is 10.2. The van der Waals surface area contributed by atoms with Crippen LogP contribution >= 0.6 is 11.3 Å². The fourth-order valence-corrected chi connectivity index (χ4v) is 2.55. The summed E-state index contributed by atoms with van der Waals surface area (Å²) in [5.41, 5.74) is 1.77. The maximum Gasteiger partial charge on any atom is 0.320 e. The number of pyridine rings is 2. The molecule has 0 fully saturated rings. The third-order valence-electron chi connectivity index (χ3n) is 2.83. The second kappa shape index (κ2) is 6.77. The number of aromatic nitrogens is 3. The van der Waals surface area contributed by atoms with E-state index in [1.807, 2.05) is 30.3 Å². The lowest BCUT2D eigenvalue weighted by Gasteiger charge is -2.04. The SMILES string of the molecule is O=C(NCc1ccccn1)Nc1csc(-c2ccncc2)n1. The molecule has 0 unspecified atom stereocenters. The van der Waals surface area contributed by atoms with Gasteiger partial charge in [-0.3, -0.25) is 15.3 Å². The van der Waals surface area contributed by atoms with Crippen molar-refractivity contribution in [1.82, 2.24) is 20.3 Å². The molecule has 3 heterocycles. The molecule has 7 heteroatoms. The highest BCUT2D eigenvalue weighted by atomic mass is 32.1. The monoisotopic (exact) mass is 311 g/mol. The van der Waals surface area contributed by atoms with Crippen LogP contribution in [0.25, 0.3) is 10.6 Å². The number of amides is 2. The van der Waals surface area contributed by atoms with Crippen molar-refractivity contribution in [1.29, 1.82) is 0 Å². The molecule has 0 spiro atoms. The second-order valence-electron chi connectivity index (χ2n) is 4.40. The number of urea groups is 1. The van der Waals surface area contributed by atoms with Crippen molar-refractivity contribution in [2.24, 2.45) is 0 Å². The van der Waals surface area contributed by atoms with Gasteiger partial charge in [0.25, 0.3) is 0 Å². The van der Waals surface area contributed by atoms with Gasteiger partial charge in [0.1, 0.15) is 10.8 Å². The third-order valence-corrected chi connectivity index (χ3v) is 3.72. The van der Waals surface area contributed by atoms with Crippen LogP contribution in [0.3, 0.4) is 0 Å². The Morgan fingerprint density at radius 3 is 2.77 bits per heavy atom. The van der Waals surface area contributed by atoms with Gasteiger partial charge in [0, 0.05) is 29.5 Å². The highest BCUT2D eigenvalue weighted by Gasteiger charge is 2.07. The van der Waals surface area contributed by atoms with E-state index in [-0.39, 0.29) is 6.03 Å². The van der Waals surface area contributed by atoms with Gasteiger partial charge in [0.05, 0.1) is 12.2 Å². The van der Waals surface area contributed by atoms with Crippen LogP contribution in [0.2, 0.25) is 0 Å². The topological polar surface area (TPSA) is 79.8 Å². The minimum Gasteiger partial charge on any atom is -0.332 e. The largest absolute Gasteiger partial charge is 0.332 e. The molecule has 3 aromatic heterocycles. The van der Waals surface area contributed by atoms with E-state index in [1.54, 1.807) is 24.0 Å². The van der Waals surface area contributed by atoms with E-state index < -0.39 is 0 Å². The maximum atomic E-state index is 11.8. The van der Waals surface area contributed by atoms with Gasteiger partial charge in [0.2, 0.25) is 0 Å². The van der Waals surface area contributed by atoms with Gasteiger partial charge >= 0.3 is 6.03 Å². The van der Waals surface area contributed by atoms with Crippen LogP contribution in [-0.2, 0) is 6.54 Å². The average Bonchev–Trinajstić information content (AvgIpc) is 3.03. The molecule has 0 aromatic carbocycles. The van der Waals surface area contributed by atoms with E-state index >= 15 is 0 Å². The molecule has 2 amide bonds. The van der Waals surface area contributed by atoms with Crippen molar-refractivity contribution in [2.75, 3.05) is 5.32 Å². The molecule has 110 valence electrons. The van der Waals surface area contributed by atoms with E-state index in [2.05, 4.69) is 25.6 Å². The molecule has 0 aliphatic heterocycles. The zero-order chi connectivity index (χ0) is 15.2. The average molecular weight is 311 g/mol. The summed E-state index contributed by atoms with van der Waals surface area (Å²) in [6.45, 7) is 0.369. The molecule has 22 heavy (non-hydrogen) atoms. The van der Waals surface area contributed by atoms with Crippen molar-refractivity contribution in [3.8, 4) is 10.6 Å². The summed E-state index contributed by atoms with van der Waals surface area (Å²) in [6, 6.07) is 9.01. The molecule has 0 bridgehead atoms. The van der Waals surface area contributed by atoms with Crippen LogP contribution in [0.1, 0.15) is 5.69 Å². The molecule has 0 saturated carbocycles. The van der Waals surface area contributed by atoms with Crippen molar-refractivity contribution < 1.29 is 4.79 Å². The molecule has 2 N–H and O–H groups in total. The molecule has 3 aromatic rings. The molecular weight excluding hydrogens is 298 g/mol. The number of hydrogen-bond acceptors (Lipinski definition) is 5. The summed E-state index contributed by atoms with van der Waals surface area (Å²) in [7, 11) is 0. The lowest BCUT2D eigenvalue weighted by atomic mass is 10.3. The Labute approximate surface area is 131 Å². The van der Waals surface area contributed by atoms with Gasteiger partial charge in [-0.2, -0.15) is 0 Å². The van der Waals surface area contributed by atoms with Gasteiger partial charge in [-0.15, -0.1) is 11.3 Å². The number of nitrogens with zero attached hydrogens (tertiary/aromatic N) is 3. The lowest BCUT2D eigenvalue weighted by molar-refractivity contribution is 0.251. The summed E-state index contributed by atoms with van der Waals surface area (Å²) >= 11 is 1.47. The summed E-state index contributed by atoms with van der Waals surface area (Å²) in [5.74, 6) is 0.523. The first-order valence-corrected chi connectivity index (χ1v) is 7.50. The van der Waals surface area contributed by atoms with Crippen molar-refractivity contribution in [3.05, 3.63) is 60.0 Å². The number of rotatable bonds is 4. The second-order valence-corrected chi connectivity index (χ2v) is 5.26. The highest BCUT2D eigenvalue weighted by molar-refractivity contribution is 7.13. The number of carbonyl (C=O) groups is 1. The number of hydrogen-bond donors (Lipinski definition) is 2. The first-order chi connectivity index (χ1) is 10.8. The molecule has 0 aliphatic carbocycles. The van der Waals surface area contributed by atoms with Crippen LogP contribution in [0.15, 0.2) is 54.3 Å². The van der Waals surface area contributed by atoms with Crippen LogP contribution in [0.4, 0.5) is 10.6 Å². The van der Waals surface area contributed by atoms with Crippen molar-refractivity contribution in [3.63, 3.8) is 0 Å². The molecule has 0 aliphatic rings. The molecule has 0 atom stereocenters. The molecule has 0 saturated heterocycles. The van der Waals surface area contributed by atoms with Crippen LogP contribution in [-0.4, -0.2) is 21.0 Å². The van der Waals surface area contributed by atoms with Crippen LogP contribution in [0.5, 0.6) is 0 Å². The summed E-state index contributed by atoms with van der Waals surface area (Å²) in [6.07, 6.45) is 5.11. The summed E-state index contributed by atoms with van der Waals surface area (Å²) < 4.78 is 0. The number of thiazole rings is 1. The Bertz CT molecular complexity index is 745. The zero-order valence-corrected chi connectivity index (χ0v) is 12.4. The first-order valence-electron chi connectivity index (χ1n) is 6.62. The predicted octanol–water partition coefficient (Wildman–Crippen LogP) is 2.92. The Morgan fingerprint density at radius 2 is 2.00 bits per heavy atom. The minimum absolute atomic E-state index is 0.308. The fourth-order valence-electron chi connectivity index (χ4n) is 1.79. The van der Waals surface area contributed by atoms with Gasteiger partial charge in [-0.05, 0) is 24.3 Å². The van der Waals surface area contributed by atoms with E-state index in [0.29, 0.717) is 12.4 Å². The summed E-state index contributed by atoms with van der Waals surface area (Å²) in [4.78, 5) is 24.3. The summed E-state index contributed by atoms with van der Waals surface area (Å²) in [5, 5.41) is 8.08. The van der Waals surface area contributed by atoms with Crippen LogP contribution < -0.4 is 10.6 Å². The van der Waals surface area contributed by atoms with Gasteiger partial charge in [-0.1, -0.05) is 6.07 Å². The van der Waals surface area contributed by atoms with E-state index in [4.69, 9.17) is 0 Å². The lowest BCUT2D eigenvalue weighted by Crippen LogP contribution is -2.28. The Balaban J connectivity index is 1.57. The van der Waals surface area contributed by atoms with Crippen molar-refractivity contribution >= 4 is 23.2 Å². The molecule has 6 nitrogen and oxygen atoms in total. The van der Waals surface area contributed by atoms with Crippen molar-refractivity contribution in [2.45, 2.75) is 6.54 Å². The van der Waals surface area contributed by atoms with Gasteiger partial charge < -0.3 is 5.32 Å². The number of carbonyl (C=O) groups excluding carboxylic acids is 1. The Hall–Kier alpha value is -2.80. The predicted molar refractivity (Wildman–Crippen MR) is 85.4 cm³/mol. The number of anilines is 1. The highest BCUT2D eigenvalue weighted by Crippen LogP contribution is 2.24. The molecule has 0 radical (unpaired) electrons. The third kappa shape index (κ3) is 3.64. The van der Waals surface area contributed by atoms with E-state index in [1.165, 1.54) is 11.3 Å². The zero-order valence-electron chi connectivity index (χ0n) is 11.6. The smallest absolute Gasteiger partial charge is 0.320 e. The number of nitrogens with one attached hydrogen (secondary N) is 2. The van der Waals surface area contributed by atoms with E-state index in [9.17, 15) is 4.79 Å². The van der Waals surface area contributed by atoms with Gasteiger partial charge in [-0.25, -0.2) is 9.78 Å². The van der Waals surface area contributed by atoms with E-state index in [0.717, 1.165) is 16.3 Å². The maximum absolute atomic E-state index is 11.8.